The van der Waals surface area contributed by atoms with Gasteiger partial charge in [0.2, 0.25) is 10.0 Å². The second-order valence-electron chi connectivity index (χ2n) is 4.24. The summed E-state index contributed by atoms with van der Waals surface area (Å²) in [4.78, 5) is -0.0134. The van der Waals surface area contributed by atoms with E-state index in [1.165, 1.54) is 11.2 Å². The van der Waals surface area contributed by atoms with Crippen LogP contribution in [0, 0.1) is 5.92 Å². The summed E-state index contributed by atoms with van der Waals surface area (Å²) < 4.78 is 25.4. The average molecular weight is 266 g/mol. The third-order valence-electron chi connectivity index (χ3n) is 3.08. The molecule has 94 valence electrons. The van der Waals surface area contributed by atoms with Crippen LogP contribution in [0.4, 0.5) is 0 Å². The number of rotatable bonds is 4. The van der Waals surface area contributed by atoms with Crippen LogP contribution in [-0.4, -0.2) is 47.3 Å². The van der Waals surface area contributed by atoms with Crippen molar-refractivity contribution in [1.29, 1.82) is 0 Å². The van der Waals surface area contributed by atoms with Crippen LogP contribution in [0.3, 0.4) is 0 Å². The molecule has 1 heterocycles. The summed E-state index contributed by atoms with van der Waals surface area (Å²) in [6, 6.07) is 0. The third kappa shape index (κ3) is 2.71. The molecule has 16 heavy (non-hydrogen) atoms. The fourth-order valence-electron chi connectivity index (χ4n) is 1.75. The Hall–Kier alpha value is -0.240. The molecule has 3 unspecified atom stereocenters. The normalized spacial score (nSPS) is 26.6. The molecule has 3 N–H and O–H groups in total. The average Bonchev–Trinajstić information content (AvgIpc) is 2.65. The monoisotopic (exact) mass is 266 g/mol. The lowest BCUT2D eigenvalue weighted by atomic mass is 10.0. The number of thiocarbonyl (C=S) groups is 1. The first-order valence-corrected chi connectivity index (χ1v) is 7.14. The van der Waals surface area contributed by atoms with Gasteiger partial charge < -0.3 is 10.8 Å². The van der Waals surface area contributed by atoms with Gasteiger partial charge in [0.1, 0.15) is 5.25 Å². The molecule has 0 bridgehead atoms. The van der Waals surface area contributed by atoms with Gasteiger partial charge in [0.15, 0.2) is 0 Å². The van der Waals surface area contributed by atoms with Crippen molar-refractivity contribution in [3.8, 4) is 0 Å². The van der Waals surface area contributed by atoms with Crippen molar-refractivity contribution in [2.75, 3.05) is 13.1 Å². The molecule has 0 amide bonds. The summed E-state index contributed by atoms with van der Waals surface area (Å²) in [5.74, 6) is 0.00770. The van der Waals surface area contributed by atoms with Crippen LogP contribution in [0.5, 0.6) is 0 Å². The third-order valence-corrected chi connectivity index (χ3v) is 5.78. The molecule has 1 saturated heterocycles. The highest BCUT2D eigenvalue weighted by atomic mass is 32.2. The minimum Gasteiger partial charge on any atom is -0.393 e. The molecule has 1 aliphatic heterocycles. The first kappa shape index (κ1) is 13.8. The van der Waals surface area contributed by atoms with E-state index in [0.717, 1.165) is 0 Å². The van der Waals surface area contributed by atoms with Gasteiger partial charge in [-0.25, -0.2) is 12.7 Å². The lowest BCUT2D eigenvalue weighted by Gasteiger charge is -2.21. The predicted octanol–water partition coefficient (Wildman–Crippen LogP) is -0.306. The fraction of sp³-hybridized carbons (Fsp3) is 0.889. The molecule has 0 radical (unpaired) electrons. The number of hydrogen-bond acceptors (Lipinski definition) is 4. The first-order valence-electron chi connectivity index (χ1n) is 5.23. The van der Waals surface area contributed by atoms with Gasteiger partial charge in [0, 0.05) is 13.1 Å². The highest BCUT2D eigenvalue weighted by molar-refractivity contribution is 7.92. The van der Waals surface area contributed by atoms with Crippen molar-refractivity contribution in [3.63, 3.8) is 0 Å². The molecule has 1 rings (SSSR count). The van der Waals surface area contributed by atoms with Gasteiger partial charge in [0.05, 0.1) is 11.1 Å². The molecular formula is C9H18N2O3S2. The van der Waals surface area contributed by atoms with Gasteiger partial charge in [-0.2, -0.15) is 0 Å². The first-order chi connectivity index (χ1) is 7.26. The second kappa shape index (κ2) is 4.95. The molecular weight excluding hydrogens is 248 g/mol. The Morgan fingerprint density at radius 3 is 2.50 bits per heavy atom. The zero-order valence-corrected chi connectivity index (χ0v) is 11.1. The van der Waals surface area contributed by atoms with Crippen molar-refractivity contribution < 1.29 is 13.5 Å². The van der Waals surface area contributed by atoms with Gasteiger partial charge in [0.25, 0.3) is 0 Å². The highest BCUT2D eigenvalue weighted by Gasteiger charge is 2.37. The van der Waals surface area contributed by atoms with Crippen molar-refractivity contribution in [2.45, 2.75) is 31.6 Å². The van der Waals surface area contributed by atoms with Gasteiger partial charge in [-0.15, -0.1) is 0 Å². The molecule has 5 nitrogen and oxygen atoms in total. The molecule has 0 aromatic heterocycles. The van der Waals surface area contributed by atoms with E-state index in [1.807, 2.05) is 0 Å². The van der Waals surface area contributed by atoms with Crippen LogP contribution in [-0.2, 0) is 10.0 Å². The Labute approximate surface area is 102 Å². The zero-order valence-electron chi connectivity index (χ0n) is 9.46. The topological polar surface area (TPSA) is 83.6 Å². The largest absolute Gasteiger partial charge is 0.393 e. The predicted molar refractivity (Wildman–Crippen MR) is 66.5 cm³/mol. The maximum absolute atomic E-state index is 12.0. The van der Waals surface area contributed by atoms with E-state index in [0.29, 0.717) is 19.5 Å². The molecule has 3 atom stereocenters. The van der Waals surface area contributed by atoms with Crippen LogP contribution in [0.25, 0.3) is 0 Å². The standard InChI is InChI=1S/C9H18N2O3S2/c1-6(12)8-3-4-11(5-8)16(13,14)7(2)9(10)15/h6-8,12H,3-5H2,1-2H3,(H2,10,15). The maximum Gasteiger partial charge on any atom is 0.223 e. The van der Waals surface area contributed by atoms with Crippen molar-refractivity contribution >= 4 is 27.2 Å². The van der Waals surface area contributed by atoms with Crippen molar-refractivity contribution in [1.82, 2.24) is 4.31 Å². The number of aliphatic hydroxyl groups is 1. The van der Waals surface area contributed by atoms with Gasteiger partial charge in [-0.05, 0) is 26.2 Å². The molecule has 0 saturated carbocycles. The number of sulfonamides is 1. The van der Waals surface area contributed by atoms with E-state index in [2.05, 4.69) is 0 Å². The molecule has 7 heteroatoms. The van der Waals surface area contributed by atoms with Crippen LogP contribution >= 0.6 is 12.2 Å². The van der Waals surface area contributed by atoms with E-state index in [1.54, 1.807) is 6.92 Å². The fourth-order valence-corrected chi connectivity index (χ4v) is 3.61. The van der Waals surface area contributed by atoms with Crippen LogP contribution in [0.2, 0.25) is 0 Å². The van der Waals surface area contributed by atoms with Crippen molar-refractivity contribution in [2.24, 2.45) is 11.7 Å². The van der Waals surface area contributed by atoms with Crippen LogP contribution in [0.1, 0.15) is 20.3 Å². The van der Waals surface area contributed by atoms with Gasteiger partial charge in [-0.3, -0.25) is 0 Å². The summed E-state index contributed by atoms with van der Waals surface area (Å²) in [6.45, 7) is 3.96. The summed E-state index contributed by atoms with van der Waals surface area (Å²) in [6.07, 6.45) is 0.196. The molecule has 0 aromatic carbocycles. The SMILES string of the molecule is CC(O)C1CCN(S(=O)(=O)C(C)C(N)=S)C1. The zero-order chi connectivity index (χ0) is 12.5. The summed E-state index contributed by atoms with van der Waals surface area (Å²) in [5.41, 5.74) is 5.36. The van der Waals surface area contributed by atoms with Crippen LogP contribution in [0.15, 0.2) is 0 Å². The Balaban J connectivity index is 2.77. The van der Waals surface area contributed by atoms with E-state index in [-0.39, 0.29) is 10.9 Å². The Morgan fingerprint density at radius 1 is 1.56 bits per heavy atom. The second-order valence-corrected chi connectivity index (χ2v) is 6.96. The minimum absolute atomic E-state index is 0.00770. The number of aliphatic hydroxyl groups excluding tert-OH is 1. The molecule has 0 aliphatic carbocycles. The molecule has 0 aromatic rings. The van der Waals surface area contributed by atoms with Crippen molar-refractivity contribution in [3.05, 3.63) is 0 Å². The lowest BCUT2D eigenvalue weighted by Crippen LogP contribution is -2.42. The van der Waals surface area contributed by atoms with Gasteiger partial charge >= 0.3 is 0 Å². The summed E-state index contributed by atoms with van der Waals surface area (Å²) >= 11 is 4.71. The highest BCUT2D eigenvalue weighted by Crippen LogP contribution is 2.24. The molecule has 1 fully saturated rings. The molecule has 0 spiro atoms. The lowest BCUT2D eigenvalue weighted by molar-refractivity contribution is 0.133. The van der Waals surface area contributed by atoms with E-state index < -0.39 is 21.4 Å². The van der Waals surface area contributed by atoms with E-state index in [4.69, 9.17) is 18.0 Å². The Bertz CT molecular complexity index is 367. The molecule has 1 aliphatic rings. The Kier molecular flexibility index (Phi) is 4.28. The summed E-state index contributed by atoms with van der Waals surface area (Å²) in [7, 11) is -3.45. The smallest absolute Gasteiger partial charge is 0.223 e. The number of nitrogens with zero attached hydrogens (tertiary/aromatic N) is 1. The number of hydrogen-bond donors (Lipinski definition) is 2. The maximum atomic E-state index is 12.0. The van der Waals surface area contributed by atoms with E-state index >= 15 is 0 Å². The number of nitrogens with two attached hydrogens (primary N) is 1. The quantitative estimate of drug-likeness (QED) is 0.682. The van der Waals surface area contributed by atoms with Gasteiger partial charge in [-0.1, -0.05) is 12.2 Å². The minimum atomic E-state index is -3.45. The summed E-state index contributed by atoms with van der Waals surface area (Å²) in [5, 5.41) is 8.57. The van der Waals surface area contributed by atoms with E-state index in [9.17, 15) is 13.5 Å². The van der Waals surface area contributed by atoms with Crippen LogP contribution < -0.4 is 5.73 Å². The Morgan fingerprint density at radius 2 is 2.12 bits per heavy atom.